The summed E-state index contributed by atoms with van der Waals surface area (Å²) >= 11 is 0. The second kappa shape index (κ2) is 10.2. The molecule has 0 radical (unpaired) electrons. The number of benzene rings is 2. The van der Waals surface area contributed by atoms with E-state index in [1.54, 1.807) is 0 Å². The van der Waals surface area contributed by atoms with Crippen LogP contribution in [-0.2, 0) is 15.8 Å². The van der Waals surface area contributed by atoms with Gasteiger partial charge in [0.05, 0.1) is 24.3 Å². The highest BCUT2D eigenvalue weighted by Gasteiger charge is 2.33. The van der Waals surface area contributed by atoms with Gasteiger partial charge in [0.1, 0.15) is 0 Å². The molecule has 0 aliphatic carbocycles. The van der Waals surface area contributed by atoms with E-state index in [1.165, 1.54) is 47.0 Å². The number of piperazine rings is 1. The maximum absolute atomic E-state index is 13.1. The molecule has 2 aromatic carbocycles. The number of hydrogen-bond donors (Lipinski definition) is 1. The first kappa shape index (κ1) is 24.6. The third-order valence-electron chi connectivity index (χ3n) is 5.96. The molecule has 1 aliphatic rings. The van der Waals surface area contributed by atoms with E-state index >= 15 is 0 Å². The Morgan fingerprint density at radius 1 is 1.00 bits per heavy atom. The lowest BCUT2D eigenvalue weighted by Gasteiger charge is -2.37. The zero-order valence-corrected chi connectivity index (χ0v) is 19.1. The SMILES string of the molecule is Cc1cccc(N2CCN(CC(=O)N(C)CC(=O)Nc3ccccc3C(F)(F)F)CC2)c1C. The Morgan fingerprint density at radius 3 is 2.33 bits per heavy atom. The summed E-state index contributed by atoms with van der Waals surface area (Å²) in [6.45, 7) is 7.01. The third-order valence-corrected chi connectivity index (χ3v) is 5.96. The van der Waals surface area contributed by atoms with Crippen LogP contribution < -0.4 is 10.2 Å². The fraction of sp³-hybridized carbons (Fsp3) is 0.417. The van der Waals surface area contributed by atoms with Crippen LogP contribution in [-0.4, -0.2) is 67.9 Å². The van der Waals surface area contributed by atoms with E-state index in [9.17, 15) is 22.8 Å². The summed E-state index contributed by atoms with van der Waals surface area (Å²) in [5.74, 6) is -0.934. The molecule has 3 rings (SSSR count). The number of aryl methyl sites for hydroxylation is 1. The minimum atomic E-state index is -4.58. The fourth-order valence-electron chi connectivity index (χ4n) is 3.87. The summed E-state index contributed by atoms with van der Waals surface area (Å²) < 4.78 is 39.3. The molecule has 0 saturated carbocycles. The van der Waals surface area contributed by atoms with Crippen LogP contribution in [0.25, 0.3) is 0 Å². The number of alkyl halides is 3. The van der Waals surface area contributed by atoms with Gasteiger partial charge in [0.25, 0.3) is 0 Å². The highest BCUT2D eigenvalue weighted by Crippen LogP contribution is 2.34. The molecule has 2 amide bonds. The van der Waals surface area contributed by atoms with Gasteiger partial charge in [0.15, 0.2) is 0 Å². The van der Waals surface area contributed by atoms with Gasteiger partial charge in [-0.15, -0.1) is 0 Å². The summed E-state index contributed by atoms with van der Waals surface area (Å²) in [5, 5.41) is 2.27. The molecule has 1 N–H and O–H groups in total. The molecule has 0 bridgehead atoms. The quantitative estimate of drug-likeness (QED) is 0.714. The van der Waals surface area contributed by atoms with Crippen molar-refractivity contribution < 1.29 is 22.8 Å². The summed E-state index contributed by atoms with van der Waals surface area (Å²) in [4.78, 5) is 30.4. The molecule has 1 aliphatic heterocycles. The van der Waals surface area contributed by atoms with Gasteiger partial charge in [-0.1, -0.05) is 24.3 Å². The van der Waals surface area contributed by atoms with Crippen LogP contribution in [0.3, 0.4) is 0 Å². The molecule has 6 nitrogen and oxygen atoms in total. The van der Waals surface area contributed by atoms with Crippen molar-refractivity contribution in [2.75, 3.05) is 56.5 Å². The van der Waals surface area contributed by atoms with Gasteiger partial charge in [-0.3, -0.25) is 14.5 Å². The predicted molar refractivity (Wildman–Crippen MR) is 122 cm³/mol. The highest BCUT2D eigenvalue weighted by atomic mass is 19.4. The number of nitrogens with zero attached hydrogens (tertiary/aromatic N) is 3. The first-order chi connectivity index (χ1) is 15.6. The minimum absolute atomic E-state index is 0.156. The number of hydrogen-bond acceptors (Lipinski definition) is 4. The van der Waals surface area contributed by atoms with Crippen molar-refractivity contribution in [1.29, 1.82) is 0 Å². The molecule has 9 heteroatoms. The van der Waals surface area contributed by atoms with E-state index in [-0.39, 0.29) is 24.7 Å². The van der Waals surface area contributed by atoms with Crippen LogP contribution >= 0.6 is 0 Å². The molecule has 33 heavy (non-hydrogen) atoms. The third kappa shape index (κ3) is 6.25. The number of amides is 2. The Balaban J connectivity index is 1.49. The average Bonchev–Trinajstić information content (AvgIpc) is 2.76. The van der Waals surface area contributed by atoms with Crippen LogP contribution in [0.4, 0.5) is 24.5 Å². The number of nitrogens with one attached hydrogen (secondary N) is 1. The fourth-order valence-corrected chi connectivity index (χ4v) is 3.87. The maximum Gasteiger partial charge on any atom is 0.418 e. The van der Waals surface area contributed by atoms with Crippen LogP contribution in [0.2, 0.25) is 0 Å². The largest absolute Gasteiger partial charge is 0.418 e. The lowest BCUT2D eigenvalue weighted by atomic mass is 10.1. The van der Waals surface area contributed by atoms with Gasteiger partial charge >= 0.3 is 6.18 Å². The first-order valence-corrected chi connectivity index (χ1v) is 10.8. The molecule has 0 atom stereocenters. The van der Waals surface area contributed by atoms with E-state index in [1.807, 2.05) is 11.0 Å². The maximum atomic E-state index is 13.1. The number of halogens is 3. The topological polar surface area (TPSA) is 55.9 Å². The van der Waals surface area contributed by atoms with Gasteiger partial charge in [0, 0.05) is 38.9 Å². The van der Waals surface area contributed by atoms with Gasteiger partial charge in [0.2, 0.25) is 11.8 Å². The van der Waals surface area contributed by atoms with Crippen molar-refractivity contribution in [3.8, 4) is 0 Å². The lowest BCUT2D eigenvalue weighted by molar-refractivity contribution is -0.137. The number of carbonyl (C=O) groups is 2. The molecule has 178 valence electrons. The second-order valence-corrected chi connectivity index (χ2v) is 8.32. The number of carbonyl (C=O) groups excluding carboxylic acids is 2. The summed E-state index contributed by atoms with van der Waals surface area (Å²) in [5.41, 5.74) is 2.45. The van der Waals surface area contributed by atoms with Crippen molar-refractivity contribution >= 4 is 23.2 Å². The molecule has 0 spiro atoms. The predicted octanol–water partition coefficient (Wildman–Crippen LogP) is 3.54. The molecule has 0 unspecified atom stereocenters. The van der Waals surface area contributed by atoms with E-state index < -0.39 is 17.6 Å². The Hall–Kier alpha value is -3.07. The van der Waals surface area contributed by atoms with Crippen LogP contribution in [0.5, 0.6) is 0 Å². The zero-order chi connectivity index (χ0) is 24.2. The van der Waals surface area contributed by atoms with Gasteiger partial charge in [-0.05, 0) is 43.2 Å². The van der Waals surface area contributed by atoms with E-state index in [2.05, 4.69) is 36.2 Å². The first-order valence-electron chi connectivity index (χ1n) is 10.8. The molecule has 0 aromatic heterocycles. The number of likely N-dealkylation sites (N-methyl/N-ethyl adjacent to an activating group) is 1. The molecular weight excluding hydrogens is 433 g/mol. The summed E-state index contributed by atoms with van der Waals surface area (Å²) in [7, 11) is 1.48. The Labute approximate surface area is 192 Å². The molecular formula is C24H29F3N4O2. The van der Waals surface area contributed by atoms with E-state index in [0.29, 0.717) is 13.1 Å². The second-order valence-electron chi connectivity index (χ2n) is 8.32. The number of rotatable bonds is 6. The lowest BCUT2D eigenvalue weighted by Crippen LogP contribution is -2.50. The number of anilines is 2. The highest BCUT2D eigenvalue weighted by molar-refractivity contribution is 5.95. The Kier molecular flexibility index (Phi) is 7.63. The number of para-hydroxylation sites is 1. The Bertz CT molecular complexity index is 1000. The summed E-state index contributed by atoms with van der Waals surface area (Å²) in [6, 6.07) is 11.0. The van der Waals surface area contributed by atoms with Crippen molar-refractivity contribution in [2.45, 2.75) is 20.0 Å². The van der Waals surface area contributed by atoms with Crippen LogP contribution in [0.1, 0.15) is 16.7 Å². The van der Waals surface area contributed by atoms with Crippen molar-refractivity contribution in [1.82, 2.24) is 9.80 Å². The average molecular weight is 463 g/mol. The van der Waals surface area contributed by atoms with Gasteiger partial charge in [-0.25, -0.2) is 0 Å². The van der Waals surface area contributed by atoms with E-state index in [4.69, 9.17) is 0 Å². The van der Waals surface area contributed by atoms with Gasteiger partial charge < -0.3 is 15.1 Å². The molecule has 1 fully saturated rings. The normalized spacial score (nSPS) is 14.8. The van der Waals surface area contributed by atoms with Crippen molar-refractivity contribution in [3.63, 3.8) is 0 Å². The van der Waals surface area contributed by atoms with Crippen LogP contribution in [0, 0.1) is 13.8 Å². The zero-order valence-electron chi connectivity index (χ0n) is 19.1. The Morgan fingerprint density at radius 2 is 1.67 bits per heavy atom. The minimum Gasteiger partial charge on any atom is -0.369 e. The molecule has 1 saturated heterocycles. The van der Waals surface area contributed by atoms with E-state index in [0.717, 1.165) is 19.2 Å². The van der Waals surface area contributed by atoms with Crippen molar-refractivity contribution in [3.05, 3.63) is 59.2 Å². The van der Waals surface area contributed by atoms with Gasteiger partial charge in [-0.2, -0.15) is 13.2 Å². The molecule has 2 aromatic rings. The molecule has 1 heterocycles. The monoisotopic (exact) mass is 462 g/mol. The standard InChI is InChI=1S/C24H29F3N4O2/c1-17-7-6-10-21(18(17)2)31-13-11-30(12-14-31)16-23(33)29(3)15-22(32)28-20-9-5-4-8-19(20)24(25,26)27/h4-10H,11-16H2,1-3H3,(H,28,32). The summed E-state index contributed by atoms with van der Waals surface area (Å²) in [6.07, 6.45) is -4.58. The van der Waals surface area contributed by atoms with Crippen molar-refractivity contribution in [2.24, 2.45) is 0 Å². The van der Waals surface area contributed by atoms with Crippen LogP contribution in [0.15, 0.2) is 42.5 Å². The smallest absolute Gasteiger partial charge is 0.369 e.